The molecule has 0 spiro atoms. The SMILES string of the molecule is C[C@H](NC(=O)c1ccnn1C)c1ccc(OCC2CC2)c(F)c1. The number of aromatic nitrogens is 2. The zero-order valence-corrected chi connectivity index (χ0v) is 13.3. The molecule has 122 valence electrons. The van der Waals surface area contributed by atoms with Crippen LogP contribution in [0.3, 0.4) is 0 Å². The fourth-order valence-corrected chi connectivity index (χ4v) is 2.35. The number of rotatable bonds is 6. The second-order valence-electron chi connectivity index (χ2n) is 5.98. The molecular formula is C17H20FN3O2. The van der Waals surface area contributed by atoms with Gasteiger partial charge in [-0.15, -0.1) is 0 Å². The third-order valence-electron chi connectivity index (χ3n) is 4.03. The molecule has 2 aromatic rings. The van der Waals surface area contributed by atoms with Crippen molar-refractivity contribution in [2.75, 3.05) is 6.61 Å². The van der Waals surface area contributed by atoms with Crippen LogP contribution in [0.25, 0.3) is 0 Å². The van der Waals surface area contributed by atoms with E-state index in [2.05, 4.69) is 10.4 Å². The molecule has 5 nitrogen and oxygen atoms in total. The van der Waals surface area contributed by atoms with Gasteiger partial charge in [-0.1, -0.05) is 6.07 Å². The molecular weight excluding hydrogens is 297 g/mol. The zero-order chi connectivity index (χ0) is 16.4. The maximum Gasteiger partial charge on any atom is 0.270 e. The number of carbonyl (C=O) groups excluding carboxylic acids is 1. The molecule has 1 fully saturated rings. The summed E-state index contributed by atoms with van der Waals surface area (Å²) >= 11 is 0. The number of carbonyl (C=O) groups is 1. The lowest BCUT2D eigenvalue weighted by molar-refractivity contribution is 0.0930. The number of hydrogen-bond donors (Lipinski definition) is 1. The number of aryl methyl sites for hydroxylation is 1. The minimum absolute atomic E-state index is 0.244. The first-order valence-corrected chi connectivity index (χ1v) is 7.75. The van der Waals surface area contributed by atoms with Crippen LogP contribution in [-0.2, 0) is 7.05 Å². The normalized spacial score (nSPS) is 15.3. The fourth-order valence-electron chi connectivity index (χ4n) is 2.35. The maximum absolute atomic E-state index is 14.1. The first kappa shape index (κ1) is 15.5. The van der Waals surface area contributed by atoms with Crippen molar-refractivity contribution in [1.82, 2.24) is 15.1 Å². The highest BCUT2D eigenvalue weighted by Crippen LogP contribution is 2.30. The van der Waals surface area contributed by atoms with Gasteiger partial charge in [0.2, 0.25) is 0 Å². The van der Waals surface area contributed by atoms with Crippen molar-refractivity contribution in [1.29, 1.82) is 0 Å². The second-order valence-corrected chi connectivity index (χ2v) is 5.98. The van der Waals surface area contributed by atoms with Gasteiger partial charge in [0.25, 0.3) is 5.91 Å². The Balaban J connectivity index is 1.64. The Bertz CT molecular complexity index is 710. The summed E-state index contributed by atoms with van der Waals surface area (Å²) in [4.78, 5) is 12.2. The molecule has 6 heteroatoms. The first-order chi connectivity index (χ1) is 11.0. The van der Waals surface area contributed by atoms with Crippen LogP contribution in [0.5, 0.6) is 5.75 Å². The van der Waals surface area contributed by atoms with Crippen molar-refractivity contribution in [2.45, 2.75) is 25.8 Å². The van der Waals surface area contributed by atoms with Crippen molar-refractivity contribution in [3.05, 3.63) is 47.5 Å². The topological polar surface area (TPSA) is 56.2 Å². The van der Waals surface area contributed by atoms with E-state index in [-0.39, 0.29) is 17.7 Å². The lowest BCUT2D eigenvalue weighted by Crippen LogP contribution is -2.28. The zero-order valence-electron chi connectivity index (χ0n) is 13.3. The van der Waals surface area contributed by atoms with E-state index in [1.165, 1.54) is 10.7 Å². The number of hydrogen-bond acceptors (Lipinski definition) is 3. The fraction of sp³-hybridized carbons (Fsp3) is 0.412. The predicted molar refractivity (Wildman–Crippen MR) is 83.7 cm³/mol. The predicted octanol–water partition coefficient (Wildman–Crippen LogP) is 2.84. The van der Waals surface area contributed by atoms with Gasteiger partial charge >= 0.3 is 0 Å². The Morgan fingerprint density at radius 2 is 2.26 bits per heavy atom. The van der Waals surface area contributed by atoms with Gasteiger partial charge < -0.3 is 10.1 Å². The van der Waals surface area contributed by atoms with Crippen LogP contribution in [0.2, 0.25) is 0 Å². The summed E-state index contributed by atoms with van der Waals surface area (Å²) in [5.74, 6) is 0.203. The molecule has 0 unspecified atom stereocenters. The van der Waals surface area contributed by atoms with Crippen LogP contribution in [-0.4, -0.2) is 22.3 Å². The van der Waals surface area contributed by atoms with E-state index < -0.39 is 5.82 Å². The molecule has 0 aliphatic heterocycles. The molecule has 0 saturated heterocycles. The van der Waals surface area contributed by atoms with Gasteiger partial charge in [-0.3, -0.25) is 9.48 Å². The van der Waals surface area contributed by atoms with Crippen molar-refractivity contribution < 1.29 is 13.9 Å². The number of benzene rings is 1. The molecule has 1 heterocycles. The smallest absolute Gasteiger partial charge is 0.270 e. The number of nitrogens with zero attached hydrogens (tertiary/aromatic N) is 2. The highest BCUT2D eigenvalue weighted by molar-refractivity contribution is 5.92. The third-order valence-corrected chi connectivity index (χ3v) is 4.03. The van der Waals surface area contributed by atoms with Gasteiger partial charge in [-0.25, -0.2) is 4.39 Å². The van der Waals surface area contributed by atoms with Gasteiger partial charge in [0.05, 0.1) is 12.6 Å². The van der Waals surface area contributed by atoms with E-state index >= 15 is 0 Å². The summed E-state index contributed by atoms with van der Waals surface area (Å²) in [5, 5.41) is 6.80. The van der Waals surface area contributed by atoms with Crippen LogP contribution in [0.1, 0.15) is 41.9 Å². The van der Waals surface area contributed by atoms with E-state index in [1.807, 2.05) is 6.92 Å². The molecule has 1 N–H and O–H groups in total. The minimum atomic E-state index is -0.398. The van der Waals surface area contributed by atoms with Crippen LogP contribution in [0, 0.1) is 11.7 Å². The quantitative estimate of drug-likeness (QED) is 0.891. The highest BCUT2D eigenvalue weighted by Gasteiger charge is 2.22. The van der Waals surface area contributed by atoms with Gasteiger partial charge in [-0.2, -0.15) is 5.10 Å². The van der Waals surface area contributed by atoms with Gasteiger partial charge in [0.1, 0.15) is 5.69 Å². The van der Waals surface area contributed by atoms with E-state index in [1.54, 1.807) is 31.4 Å². The van der Waals surface area contributed by atoms with Crippen molar-refractivity contribution >= 4 is 5.91 Å². The average Bonchev–Trinajstić information content (AvgIpc) is 3.25. The Morgan fingerprint density at radius 1 is 1.48 bits per heavy atom. The van der Waals surface area contributed by atoms with E-state index in [0.717, 1.165) is 12.8 Å². The molecule has 1 saturated carbocycles. The Morgan fingerprint density at radius 3 is 2.87 bits per heavy atom. The monoisotopic (exact) mass is 317 g/mol. The standard InChI is InChI=1S/C17H20FN3O2/c1-11(20-17(22)15-7-8-19-21(15)2)13-5-6-16(14(18)9-13)23-10-12-3-4-12/h5-9,11-12H,3-4,10H2,1-2H3,(H,20,22)/t11-/m0/s1. The van der Waals surface area contributed by atoms with E-state index in [0.29, 0.717) is 23.8 Å². The lowest BCUT2D eigenvalue weighted by Gasteiger charge is -2.15. The van der Waals surface area contributed by atoms with Crippen molar-refractivity contribution in [3.63, 3.8) is 0 Å². The summed E-state index contributed by atoms with van der Waals surface area (Å²) in [5.41, 5.74) is 1.15. The molecule has 1 amide bonds. The maximum atomic E-state index is 14.1. The molecule has 0 bridgehead atoms. The highest BCUT2D eigenvalue weighted by atomic mass is 19.1. The summed E-state index contributed by atoms with van der Waals surface area (Å²) in [6.07, 6.45) is 3.89. The summed E-state index contributed by atoms with van der Waals surface area (Å²) < 4.78 is 21.1. The Labute approximate surface area is 134 Å². The van der Waals surface area contributed by atoms with E-state index in [9.17, 15) is 9.18 Å². The molecule has 1 aliphatic carbocycles. The number of ether oxygens (including phenoxy) is 1. The molecule has 3 rings (SSSR count). The third kappa shape index (κ3) is 3.70. The molecule has 1 aromatic carbocycles. The number of nitrogens with one attached hydrogen (secondary N) is 1. The van der Waals surface area contributed by atoms with Gasteiger partial charge in [0, 0.05) is 13.2 Å². The second kappa shape index (κ2) is 6.40. The van der Waals surface area contributed by atoms with E-state index in [4.69, 9.17) is 4.74 Å². The largest absolute Gasteiger partial charge is 0.490 e. The molecule has 1 aromatic heterocycles. The van der Waals surface area contributed by atoms with Crippen LogP contribution in [0.4, 0.5) is 4.39 Å². The van der Waals surface area contributed by atoms with Crippen LogP contribution >= 0.6 is 0 Å². The summed E-state index contributed by atoms with van der Waals surface area (Å²) in [6, 6.07) is 6.14. The minimum Gasteiger partial charge on any atom is -0.490 e. The van der Waals surface area contributed by atoms with Crippen molar-refractivity contribution in [2.24, 2.45) is 13.0 Å². The first-order valence-electron chi connectivity index (χ1n) is 7.75. The Kier molecular flexibility index (Phi) is 4.32. The van der Waals surface area contributed by atoms with Crippen LogP contribution in [0.15, 0.2) is 30.5 Å². The lowest BCUT2D eigenvalue weighted by atomic mass is 10.1. The summed E-state index contributed by atoms with van der Waals surface area (Å²) in [7, 11) is 1.70. The Hall–Kier alpha value is -2.37. The number of amides is 1. The van der Waals surface area contributed by atoms with Gasteiger partial charge in [-0.05, 0) is 49.4 Å². The van der Waals surface area contributed by atoms with Gasteiger partial charge in [0.15, 0.2) is 11.6 Å². The van der Waals surface area contributed by atoms with Crippen molar-refractivity contribution in [3.8, 4) is 5.75 Å². The molecule has 1 atom stereocenters. The number of halogens is 1. The molecule has 1 aliphatic rings. The molecule has 0 radical (unpaired) electrons. The van der Waals surface area contributed by atoms with Crippen LogP contribution < -0.4 is 10.1 Å². The average molecular weight is 317 g/mol. The summed E-state index contributed by atoms with van der Waals surface area (Å²) in [6.45, 7) is 2.39. The molecule has 23 heavy (non-hydrogen) atoms.